The van der Waals surface area contributed by atoms with E-state index in [9.17, 15) is 22.8 Å². The Balaban J connectivity index is 1.37. The van der Waals surface area contributed by atoms with E-state index >= 15 is 4.79 Å². The number of ketones is 2. The first-order chi connectivity index (χ1) is 25.9. The molecule has 2 aliphatic heterocycles. The van der Waals surface area contributed by atoms with Crippen LogP contribution in [0.3, 0.4) is 0 Å². The van der Waals surface area contributed by atoms with Crippen molar-refractivity contribution in [1.29, 1.82) is 0 Å². The van der Waals surface area contributed by atoms with Crippen molar-refractivity contribution >= 4 is 44.2 Å². The Kier molecular flexibility index (Phi) is 11.6. The summed E-state index contributed by atoms with van der Waals surface area (Å²) in [6.07, 6.45) is 9.75. The van der Waals surface area contributed by atoms with Crippen LogP contribution in [-0.4, -0.2) is 72.2 Å². The summed E-state index contributed by atoms with van der Waals surface area (Å²) in [5, 5.41) is 1.53. The lowest BCUT2D eigenvalue weighted by Gasteiger charge is -2.33. The molecule has 0 radical (unpaired) electrons. The van der Waals surface area contributed by atoms with E-state index in [0.717, 1.165) is 30.0 Å². The van der Waals surface area contributed by atoms with E-state index in [4.69, 9.17) is 9.47 Å². The standard InChI is InChI=1S/C43H59N3O8S/c1-8-28-20-27(2)12-9-10-13-29-23-43(29,40(50)45-55(51,52)42(6)17-18-42)25-36(48)35-22-31(26-46(35)39(49)34(28)21-30(47)24-41(3,4)5)54-38-33-14-11-15-37(53-7)32(33)16-19-44-38/h10-11,13-16,19,27-29,31,34-35H,8-9,12,17-18,20-26H2,1-7H3,(H,45,50)/b13-10-/t27-,28-,29-,31-,34+,35+,43-/m1/s1. The Hall–Kier alpha value is -3.80. The van der Waals surface area contributed by atoms with E-state index < -0.39 is 44.2 Å². The second kappa shape index (κ2) is 15.6. The quantitative estimate of drug-likeness (QED) is 0.253. The average Bonchev–Trinajstić information content (AvgIpc) is 4.00. The highest BCUT2D eigenvalue weighted by Crippen LogP contribution is 2.58. The number of amides is 2. The maximum Gasteiger partial charge on any atom is 0.240 e. The van der Waals surface area contributed by atoms with Crippen molar-refractivity contribution in [1.82, 2.24) is 14.6 Å². The van der Waals surface area contributed by atoms with Gasteiger partial charge in [-0.05, 0) is 86.8 Å². The number of carbonyl (C=O) groups is 4. The number of Topliss-reactive ketones (excluding diaryl/α,β-unsaturated/α-hetero) is 2. The molecular formula is C43H59N3O8S. The highest BCUT2D eigenvalue weighted by Gasteiger charge is 2.62. The molecule has 1 saturated heterocycles. The van der Waals surface area contributed by atoms with Crippen molar-refractivity contribution in [2.45, 2.75) is 129 Å². The smallest absolute Gasteiger partial charge is 0.240 e. The summed E-state index contributed by atoms with van der Waals surface area (Å²) in [4.78, 5) is 63.6. The van der Waals surface area contributed by atoms with Crippen molar-refractivity contribution in [3.05, 3.63) is 42.6 Å². The van der Waals surface area contributed by atoms with E-state index in [0.29, 0.717) is 43.7 Å². The largest absolute Gasteiger partial charge is 0.496 e. The Morgan fingerprint density at radius 2 is 1.84 bits per heavy atom. The zero-order chi connectivity index (χ0) is 39.9. The third kappa shape index (κ3) is 8.79. The molecule has 6 rings (SSSR count). The normalized spacial score (nSPS) is 30.3. The molecule has 4 aliphatic rings. The monoisotopic (exact) mass is 777 g/mol. The third-order valence-electron chi connectivity index (χ3n) is 12.5. The molecule has 55 heavy (non-hydrogen) atoms. The summed E-state index contributed by atoms with van der Waals surface area (Å²) in [5.41, 5.74) is -1.49. The number of pyridine rings is 1. The topological polar surface area (TPSA) is 149 Å². The number of hydrogen-bond acceptors (Lipinski definition) is 9. The predicted octanol–water partition coefficient (Wildman–Crippen LogP) is 6.97. The van der Waals surface area contributed by atoms with Gasteiger partial charge in [-0.25, -0.2) is 13.4 Å². The van der Waals surface area contributed by atoms with Crippen LogP contribution in [0.25, 0.3) is 10.8 Å². The van der Waals surface area contributed by atoms with Crippen LogP contribution < -0.4 is 14.2 Å². The Morgan fingerprint density at radius 1 is 1.09 bits per heavy atom. The highest BCUT2D eigenvalue weighted by molar-refractivity contribution is 7.91. The molecule has 1 aromatic heterocycles. The number of aromatic nitrogens is 1. The van der Waals surface area contributed by atoms with Crippen molar-refractivity contribution in [3.63, 3.8) is 0 Å². The van der Waals surface area contributed by atoms with Crippen molar-refractivity contribution < 1.29 is 37.1 Å². The molecule has 11 nitrogen and oxygen atoms in total. The van der Waals surface area contributed by atoms with Crippen LogP contribution >= 0.6 is 0 Å². The van der Waals surface area contributed by atoms with Crippen LogP contribution in [0.2, 0.25) is 0 Å². The van der Waals surface area contributed by atoms with Gasteiger partial charge in [0.25, 0.3) is 0 Å². The number of carbonyl (C=O) groups excluding carboxylic acids is 4. The molecular weight excluding hydrogens is 719 g/mol. The van der Waals surface area contributed by atoms with Crippen molar-refractivity contribution in [2.24, 2.45) is 34.5 Å². The fourth-order valence-electron chi connectivity index (χ4n) is 8.83. The summed E-state index contributed by atoms with van der Waals surface area (Å²) in [5.74, 6) is -0.960. The summed E-state index contributed by atoms with van der Waals surface area (Å²) < 4.78 is 40.0. The van der Waals surface area contributed by atoms with Gasteiger partial charge in [0.15, 0.2) is 5.78 Å². The number of fused-ring (bicyclic) bond motifs is 3. The maximum absolute atomic E-state index is 15.1. The molecule has 1 N–H and O–H groups in total. The number of sulfonamides is 1. The minimum absolute atomic E-state index is 0.0172. The van der Waals surface area contributed by atoms with Crippen LogP contribution in [0.1, 0.15) is 112 Å². The van der Waals surface area contributed by atoms with Crippen LogP contribution in [0.15, 0.2) is 42.6 Å². The summed E-state index contributed by atoms with van der Waals surface area (Å²) in [7, 11) is -2.34. The van der Waals surface area contributed by atoms with Gasteiger partial charge in [0, 0.05) is 48.6 Å². The SMILES string of the molecule is CC[C@@H]1C[C@H](C)CC/C=C\[C@@H]2C[C@@]2(C(=O)NS(=O)(=O)C2(C)CC2)CC(=O)[C@@H]2C[C@@H](Oc3nccc4c(OC)cccc34)CN2C(=O)[C@H]1CC(=O)CC(C)(C)C. The molecule has 2 aromatic rings. The molecule has 300 valence electrons. The second-order valence-electron chi connectivity index (χ2n) is 18.2. The Labute approximate surface area is 326 Å². The molecule has 3 heterocycles. The van der Waals surface area contributed by atoms with E-state index in [-0.39, 0.29) is 66.4 Å². The predicted molar refractivity (Wildman–Crippen MR) is 211 cm³/mol. The number of hydrogen-bond donors (Lipinski definition) is 1. The second-order valence-corrected chi connectivity index (χ2v) is 20.4. The number of ether oxygens (including phenoxy) is 2. The molecule has 0 spiro atoms. The van der Waals surface area contributed by atoms with Gasteiger partial charge < -0.3 is 14.4 Å². The molecule has 2 saturated carbocycles. The molecule has 3 fully saturated rings. The van der Waals surface area contributed by atoms with Crippen LogP contribution in [0, 0.1) is 34.5 Å². The van der Waals surface area contributed by atoms with E-state index in [1.54, 1.807) is 25.1 Å². The number of nitrogens with one attached hydrogen (secondary N) is 1. The van der Waals surface area contributed by atoms with Gasteiger partial charge in [-0.3, -0.25) is 23.9 Å². The van der Waals surface area contributed by atoms with Crippen molar-refractivity contribution in [2.75, 3.05) is 13.7 Å². The van der Waals surface area contributed by atoms with Gasteiger partial charge in [-0.2, -0.15) is 0 Å². The van der Waals surface area contributed by atoms with Crippen molar-refractivity contribution in [3.8, 4) is 11.6 Å². The summed E-state index contributed by atoms with van der Waals surface area (Å²) >= 11 is 0. The first-order valence-electron chi connectivity index (χ1n) is 20.1. The molecule has 2 amide bonds. The third-order valence-corrected chi connectivity index (χ3v) is 14.7. The summed E-state index contributed by atoms with van der Waals surface area (Å²) in [6, 6.07) is 6.49. The summed E-state index contributed by atoms with van der Waals surface area (Å²) in [6.45, 7) is 12.0. The van der Waals surface area contributed by atoms with Crippen LogP contribution in [0.5, 0.6) is 11.6 Å². The van der Waals surface area contributed by atoms with E-state index in [1.807, 2.05) is 57.2 Å². The van der Waals surface area contributed by atoms with Gasteiger partial charge in [0.2, 0.25) is 27.7 Å². The molecule has 0 unspecified atom stereocenters. The first-order valence-corrected chi connectivity index (χ1v) is 21.6. The lowest BCUT2D eigenvalue weighted by molar-refractivity contribution is -0.145. The maximum atomic E-state index is 15.1. The lowest BCUT2D eigenvalue weighted by Crippen LogP contribution is -2.48. The lowest BCUT2D eigenvalue weighted by atomic mass is 9.77. The highest BCUT2D eigenvalue weighted by atomic mass is 32.2. The van der Waals surface area contributed by atoms with Crippen LogP contribution in [-0.2, 0) is 29.2 Å². The van der Waals surface area contributed by atoms with E-state index in [2.05, 4.69) is 23.6 Å². The minimum atomic E-state index is -3.94. The molecule has 12 heteroatoms. The number of methoxy groups -OCH3 is 1. The fourth-order valence-corrected chi connectivity index (χ4v) is 10.2. The number of rotatable bonds is 10. The Morgan fingerprint density at radius 3 is 2.51 bits per heavy atom. The zero-order valence-electron chi connectivity index (χ0n) is 33.6. The van der Waals surface area contributed by atoms with Crippen LogP contribution in [0.4, 0.5) is 0 Å². The fraction of sp³-hybridized carbons (Fsp3) is 0.651. The van der Waals surface area contributed by atoms with Gasteiger partial charge in [-0.1, -0.05) is 59.3 Å². The molecule has 1 aromatic carbocycles. The number of nitrogens with zero attached hydrogens (tertiary/aromatic N) is 2. The minimum Gasteiger partial charge on any atom is -0.496 e. The number of allylic oxidation sites excluding steroid dienone is 2. The Bertz CT molecular complexity index is 1950. The number of benzene rings is 1. The molecule has 2 aliphatic carbocycles. The first kappa shape index (κ1) is 40.9. The van der Waals surface area contributed by atoms with Gasteiger partial charge in [-0.15, -0.1) is 0 Å². The molecule has 0 bridgehead atoms. The molecule has 7 atom stereocenters. The van der Waals surface area contributed by atoms with E-state index in [1.165, 1.54) is 0 Å². The zero-order valence-corrected chi connectivity index (χ0v) is 34.4. The van der Waals surface area contributed by atoms with Gasteiger partial charge >= 0.3 is 0 Å². The van der Waals surface area contributed by atoms with Gasteiger partial charge in [0.05, 0.1) is 29.9 Å². The average molecular weight is 778 g/mol. The van der Waals surface area contributed by atoms with Gasteiger partial charge in [0.1, 0.15) is 17.6 Å².